The molecule has 0 fully saturated rings. The second kappa shape index (κ2) is 6.52. The zero-order chi connectivity index (χ0) is 13.7. The van der Waals surface area contributed by atoms with Crippen LogP contribution in [0.25, 0.3) is 0 Å². The van der Waals surface area contributed by atoms with Crippen molar-refractivity contribution in [2.75, 3.05) is 0 Å². The highest BCUT2D eigenvalue weighted by molar-refractivity contribution is 7.76. The Labute approximate surface area is 113 Å². The summed E-state index contributed by atoms with van der Waals surface area (Å²) >= 11 is 0. The van der Waals surface area contributed by atoms with E-state index in [0.29, 0.717) is 0 Å². The minimum Gasteiger partial charge on any atom is -0.0808 e. The summed E-state index contributed by atoms with van der Waals surface area (Å²) in [6.07, 6.45) is 1.91. The molecule has 0 saturated heterocycles. The van der Waals surface area contributed by atoms with Crippen LogP contribution in [-0.2, 0) is 0 Å². The van der Waals surface area contributed by atoms with Gasteiger partial charge in [-0.05, 0) is 37.2 Å². The molecule has 0 radical (unpaired) electrons. The quantitative estimate of drug-likeness (QED) is 0.709. The maximum absolute atomic E-state index is 7.76. The first-order chi connectivity index (χ1) is 9.18. The van der Waals surface area contributed by atoms with Crippen molar-refractivity contribution in [2.24, 2.45) is 0 Å². The van der Waals surface area contributed by atoms with Crippen molar-refractivity contribution in [1.29, 1.82) is 0 Å². The van der Waals surface area contributed by atoms with Gasteiger partial charge in [0.1, 0.15) is 0 Å². The summed E-state index contributed by atoms with van der Waals surface area (Å²) in [5.41, 5.74) is 0. The monoisotopic (exact) mass is 255 g/mol. The fraction of sp³-hybridized carbons (Fsp3) is 0.176. The van der Waals surface area contributed by atoms with Crippen molar-refractivity contribution >= 4 is 18.5 Å². The van der Waals surface area contributed by atoms with E-state index < -0.39 is 7.92 Å². The van der Waals surface area contributed by atoms with Crippen LogP contribution in [0.1, 0.15) is 21.6 Å². The van der Waals surface area contributed by atoms with Crippen molar-refractivity contribution in [3.05, 3.63) is 72.1 Å². The van der Waals surface area contributed by atoms with Crippen molar-refractivity contribution < 1.29 is 1.37 Å². The molecule has 0 aliphatic rings. The highest BCUT2D eigenvalue weighted by atomic mass is 31.1. The molecule has 2 aromatic rings. The van der Waals surface area contributed by atoms with Gasteiger partial charge in [0.25, 0.3) is 0 Å². The SMILES string of the molecule is [2H]C(C)C=C(C)P(c1ccccc1)c1ccccc1. The molecule has 0 saturated carbocycles. The molecule has 0 nitrogen and oxygen atoms in total. The Morgan fingerprint density at radius 2 is 1.44 bits per heavy atom. The fourth-order valence-corrected chi connectivity index (χ4v) is 4.38. The van der Waals surface area contributed by atoms with Crippen molar-refractivity contribution in [1.82, 2.24) is 0 Å². The van der Waals surface area contributed by atoms with Crippen molar-refractivity contribution in [3.63, 3.8) is 0 Å². The number of hydrogen-bond donors (Lipinski definition) is 0. The number of rotatable bonds is 4. The lowest BCUT2D eigenvalue weighted by molar-refractivity contribution is 1.21. The zero-order valence-electron chi connectivity index (χ0n) is 11.9. The molecule has 0 aliphatic heterocycles. The molecular weight excluding hydrogens is 235 g/mol. The number of hydrogen-bond acceptors (Lipinski definition) is 0. The van der Waals surface area contributed by atoms with Gasteiger partial charge in [0.2, 0.25) is 0 Å². The van der Waals surface area contributed by atoms with Crippen LogP contribution in [0.2, 0.25) is 0 Å². The molecule has 1 unspecified atom stereocenters. The lowest BCUT2D eigenvalue weighted by Gasteiger charge is -2.19. The van der Waals surface area contributed by atoms with Gasteiger partial charge in [-0.25, -0.2) is 0 Å². The Morgan fingerprint density at radius 1 is 1.00 bits per heavy atom. The third-order valence-electron chi connectivity index (χ3n) is 2.79. The third-order valence-corrected chi connectivity index (χ3v) is 5.27. The topological polar surface area (TPSA) is 0 Å². The standard InChI is InChI=1S/C17H19P/c1-3-10-15(2)18(16-11-6-4-7-12-16)17-13-8-5-9-14-17/h4-14H,3H2,1-2H3/i3D. The third kappa shape index (κ3) is 3.09. The van der Waals surface area contributed by atoms with E-state index >= 15 is 0 Å². The van der Waals surface area contributed by atoms with Gasteiger partial charge < -0.3 is 0 Å². The normalized spacial score (nSPS) is 14.4. The first-order valence-electron chi connectivity index (χ1n) is 6.77. The molecule has 2 rings (SSSR count). The van der Waals surface area contributed by atoms with Crippen LogP contribution >= 0.6 is 7.92 Å². The van der Waals surface area contributed by atoms with Gasteiger partial charge in [-0.2, -0.15) is 0 Å². The van der Waals surface area contributed by atoms with E-state index in [1.165, 1.54) is 15.9 Å². The summed E-state index contributed by atoms with van der Waals surface area (Å²) in [7, 11) is -0.503. The van der Waals surface area contributed by atoms with Crippen LogP contribution < -0.4 is 10.6 Å². The molecule has 18 heavy (non-hydrogen) atoms. The number of allylic oxidation sites excluding steroid dienone is 2. The zero-order valence-corrected chi connectivity index (χ0v) is 11.8. The van der Waals surface area contributed by atoms with E-state index in [-0.39, 0.29) is 6.40 Å². The molecule has 0 spiro atoms. The summed E-state index contributed by atoms with van der Waals surface area (Å²) in [6.45, 7) is 4.06. The maximum Gasteiger partial charge on any atom is 0.0307 e. The summed E-state index contributed by atoms with van der Waals surface area (Å²) < 4.78 is 7.76. The first kappa shape index (κ1) is 11.7. The van der Waals surface area contributed by atoms with E-state index in [1.54, 1.807) is 0 Å². The predicted octanol–water partition coefficient (Wildman–Crippen LogP) is 4.43. The summed E-state index contributed by atoms with van der Waals surface area (Å²) in [4.78, 5) is 0. The molecule has 0 aliphatic carbocycles. The van der Waals surface area contributed by atoms with Crippen LogP contribution in [0, 0.1) is 0 Å². The minimum atomic E-state index is -0.503. The molecule has 0 bridgehead atoms. The van der Waals surface area contributed by atoms with E-state index in [2.05, 4.69) is 61.5 Å². The van der Waals surface area contributed by atoms with Crippen LogP contribution in [0.3, 0.4) is 0 Å². The molecule has 1 atom stereocenters. The van der Waals surface area contributed by atoms with E-state index in [1.807, 2.05) is 19.1 Å². The van der Waals surface area contributed by atoms with Gasteiger partial charge in [-0.15, -0.1) is 0 Å². The maximum atomic E-state index is 7.76. The van der Waals surface area contributed by atoms with Crippen LogP contribution in [-0.4, -0.2) is 0 Å². The Hall–Kier alpha value is -1.39. The Kier molecular flexibility index (Phi) is 4.23. The molecule has 0 heterocycles. The summed E-state index contributed by atoms with van der Waals surface area (Å²) in [6, 6.07) is 21.2. The van der Waals surface area contributed by atoms with Gasteiger partial charge in [0.15, 0.2) is 0 Å². The van der Waals surface area contributed by atoms with Crippen molar-refractivity contribution in [2.45, 2.75) is 20.2 Å². The van der Waals surface area contributed by atoms with E-state index in [0.717, 1.165) is 0 Å². The Bertz CT molecular complexity index is 492. The minimum absolute atomic E-state index is 0.155. The molecule has 1 heteroatoms. The second-order valence-electron chi connectivity index (χ2n) is 4.15. The van der Waals surface area contributed by atoms with Gasteiger partial charge in [0, 0.05) is 1.37 Å². The Morgan fingerprint density at radius 3 is 1.83 bits per heavy atom. The smallest absolute Gasteiger partial charge is 0.0307 e. The highest BCUT2D eigenvalue weighted by Crippen LogP contribution is 2.42. The largest absolute Gasteiger partial charge is 0.0808 e. The molecule has 0 N–H and O–H groups in total. The molecule has 0 amide bonds. The summed E-state index contributed by atoms with van der Waals surface area (Å²) in [5, 5.41) is 3.99. The van der Waals surface area contributed by atoms with Crippen LogP contribution in [0.4, 0.5) is 0 Å². The Balaban J connectivity index is 2.46. The second-order valence-corrected chi connectivity index (χ2v) is 6.56. The molecular formula is C17H19P. The summed E-state index contributed by atoms with van der Waals surface area (Å²) in [5.74, 6) is 0. The first-order valence-corrected chi connectivity index (χ1v) is 7.53. The fourth-order valence-electron chi connectivity index (χ4n) is 2.03. The lowest BCUT2D eigenvalue weighted by atomic mass is 10.4. The van der Waals surface area contributed by atoms with Crippen molar-refractivity contribution in [3.8, 4) is 0 Å². The van der Waals surface area contributed by atoms with Crippen LogP contribution in [0.5, 0.6) is 0 Å². The molecule has 0 aromatic heterocycles. The molecule has 92 valence electrons. The molecule has 2 aromatic carbocycles. The van der Waals surface area contributed by atoms with Gasteiger partial charge in [-0.1, -0.05) is 73.7 Å². The average molecular weight is 255 g/mol. The lowest BCUT2D eigenvalue weighted by Crippen LogP contribution is -2.11. The van der Waals surface area contributed by atoms with Gasteiger partial charge in [-0.3, -0.25) is 0 Å². The highest BCUT2D eigenvalue weighted by Gasteiger charge is 2.14. The predicted molar refractivity (Wildman–Crippen MR) is 83.1 cm³/mol. The van der Waals surface area contributed by atoms with E-state index in [4.69, 9.17) is 1.37 Å². The van der Waals surface area contributed by atoms with Gasteiger partial charge >= 0.3 is 0 Å². The average Bonchev–Trinajstić information content (AvgIpc) is 2.40. The van der Waals surface area contributed by atoms with Crippen LogP contribution in [0.15, 0.2) is 72.1 Å². The van der Waals surface area contributed by atoms with Gasteiger partial charge in [0.05, 0.1) is 0 Å². The number of benzene rings is 2. The van der Waals surface area contributed by atoms with E-state index in [9.17, 15) is 0 Å².